The summed E-state index contributed by atoms with van der Waals surface area (Å²) in [6.45, 7) is 16.9. The normalized spacial score (nSPS) is 27.3. The number of hydrogen-bond donors (Lipinski definition) is 1. The molecule has 2 aromatic rings. The topological polar surface area (TPSA) is 120 Å². The molecule has 2 fully saturated rings. The van der Waals surface area contributed by atoms with Crippen molar-refractivity contribution in [3.8, 4) is 6.07 Å². The number of nitrogens with one attached hydrogen (secondary N) is 1. The third-order valence-corrected chi connectivity index (χ3v) is 12.2. The molecule has 1 amide bonds. The van der Waals surface area contributed by atoms with Gasteiger partial charge < -0.3 is 24.0 Å². The number of nitriles is 1. The lowest BCUT2D eigenvalue weighted by molar-refractivity contribution is -0.204. The predicted molar refractivity (Wildman–Crippen MR) is 140 cm³/mol. The molecular formula is C26H39N5O5Si. The fourth-order valence-corrected chi connectivity index (χ4v) is 5.59. The van der Waals surface area contributed by atoms with Crippen LogP contribution in [-0.2, 0) is 29.0 Å². The Morgan fingerprint density at radius 2 is 2.00 bits per heavy atom. The van der Waals surface area contributed by atoms with Gasteiger partial charge in [-0.15, -0.1) is 0 Å². The summed E-state index contributed by atoms with van der Waals surface area (Å²) in [4.78, 5) is 16.6. The standard InChI is InChI=1S/C26H39N5O5Si/c1-9-10-11-20(32)30-23-17-12-13-19(31(17)29-16-28-23)26(15-27)22-21(35-25(5,6)36-22)18(34-26)14-33-37(7,8)24(2,3)4/h12-13,16,18,21-22H,9-11,14H2,1-8H3,(H,28,29,30,32)/t18-,21-,22-,26+/m1/s1. The number of amides is 1. The van der Waals surface area contributed by atoms with E-state index in [9.17, 15) is 10.1 Å². The highest BCUT2D eigenvalue weighted by molar-refractivity contribution is 6.74. The second kappa shape index (κ2) is 9.74. The largest absolute Gasteiger partial charge is 0.414 e. The maximum absolute atomic E-state index is 12.4. The van der Waals surface area contributed by atoms with E-state index in [4.69, 9.17) is 18.6 Å². The maximum atomic E-state index is 12.4. The highest BCUT2D eigenvalue weighted by atomic mass is 28.4. The second-order valence-electron chi connectivity index (χ2n) is 11.9. The fourth-order valence-electron chi connectivity index (χ4n) is 4.58. The van der Waals surface area contributed by atoms with Gasteiger partial charge in [0.05, 0.1) is 12.3 Å². The number of anilines is 1. The van der Waals surface area contributed by atoms with Crippen molar-refractivity contribution in [3.05, 3.63) is 24.2 Å². The molecule has 4 heterocycles. The van der Waals surface area contributed by atoms with Crippen LogP contribution in [0.25, 0.3) is 5.52 Å². The van der Waals surface area contributed by atoms with Gasteiger partial charge in [-0.25, -0.2) is 9.50 Å². The summed E-state index contributed by atoms with van der Waals surface area (Å²) in [5.41, 5.74) is -0.441. The average Bonchev–Trinajstić information content (AvgIpc) is 3.46. The minimum absolute atomic E-state index is 0.0241. The zero-order valence-electron chi connectivity index (χ0n) is 23.1. The predicted octanol–water partition coefficient (Wildman–Crippen LogP) is 4.52. The van der Waals surface area contributed by atoms with E-state index in [-0.39, 0.29) is 17.6 Å². The first kappa shape index (κ1) is 27.7. The Labute approximate surface area is 219 Å². The Balaban J connectivity index is 1.69. The van der Waals surface area contributed by atoms with Crippen molar-refractivity contribution in [2.75, 3.05) is 11.9 Å². The van der Waals surface area contributed by atoms with Crippen LogP contribution in [-0.4, -0.2) is 59.5 Å². The van der Waals surface area contributed by atoms with Crippen LogP contribution in [0.1, 0.15) is 66.5 Å². The summed E-state index contributed by atoms with van der Waals surface area (Å²) in [7, 11) is -2.08. The molecule has 4 rings (SSSR count). The quantitative estimate of drug-likeness (QED) is 0.496. The summed E-state index contributed by atoms with van der Waals surface area (Å²) in [5, 5.41) is 17.9. The molecule has 0 saturated carbocycles. The van der Waals surface area contributed by atoms with E-state index in [0.29, 0.717) is 23.4 Å². The SMILES string of the molecule is CCCCC(=O)Nc1ncnn2c([C@]3(C#N)O[C@H](CO[Si](C)(C)C(C)(C)C)[C@H]4OC(C)(C)O[C@H]43)ccc12. The molecule has 202 valence electrons. The third-order valence-electron chi connectivity index (χ3n) is 7.66. The molecule has 2 saturated heterocycles. The minimum atomic E-state index is -2.08. The van der Waals surface area contributed by atoms with Gasteiger partial charge in [-0.2, -0.15) is 10.4 Å². The maximum Gasteiger partial charge on any atom is 0.226 e. The molecule has 37 heavy (non-hydrogen) atoms. The van der Waals surface area contributed by atoms with E-state index < -0.39 is 38.0 Å². The Hall–Kier alpha value is -2.36. The smallest absolute Gasteiger partial charge is 0.226 e. The molecule has 10 nitrogen and oxygen atoms in total. The Morgan fingerprint density at radius 1 is 1.27 bits per heavy atom. The average molecular weight is 530 g/mol. The van der Waals surface area contributed by atoms with Gasteiger partial charge in [-0.1, -0.05) is 34.1 Å². The Bertz CT molecular complexity index is 1200. The molecule has 2 aliphatic heterocycles. The molecule has 4 atom stereocenters. The minimum Gasteiger partial charge on any atom is -0.414 e. The summed E-state index contributed by atoms with van der Waals surface area (Å²) < 4.78 is 27.1. The zero-order chi connectivity index (χ0) is 27.2. The van der Waals surface area contributed by atoms with Crippen molar-refractivity contribution in [1.82, 2.24) is 14.6 Å². The van der Waals surface area contributed by atoms with Gasteiger partial charge in [0.2, 0.25) is 11.5 Å². The first-order valence-corrected chi connectivity index (χ1v) is 15.9. The van der Waals surface area contributed by atoms with Crippen molar-refractivity contribution in [1.29, 1.82) is 5.26 Å². The number of carbonyl (C=O) groups is 1. The molecule has 0 spiro atoms. The number of unbranched alkanes of at least 4 members (excludes halogenated alkanes) is 1. The number of ether oxygens (including phenoxy) is 3. The molecule has 2 aliphatic rings. The molecule has 2 aromatic heterocycles. The highest BCUT2D eigenvalue weighted by Gasteiger charge is 2.65. The van der Waals surface area contributed by atoms with Crippen molar-refractivity contribution in [2.45, 2.75) is 109 Å². The monoisotopic (exact) mass is 529 g/mol. The van der Waals surface area contributed by atoms with Crippen LogP contribution in [0.5, 0.6) is 0 Å². The lowest BCUT2D eigenvalue weighted by atomic mass is 9.92. The zero-order valence-corrected chi connectivity index (χ0v) is 24.1. The van der Waals surface area contributed by atoms with Crippen molar-refractivity contribution in [3.63, 3.8) is 0 Å². The molecule has 0 radical (unpaired) electrons. The Kier molecular flexibility index (Phi) is 7.29. The van der Waals surface area contributed by atoms with Crippen LogP contribution in [0, 0.1) is 11.3 Å². The van der Waals surface area contributed by atoms with Gasteiger partial charge in [0.25, 0.3) is 0 Å². The van der Waals surface area contributed by atoms with Crippen LogP contribution < -0.4 is 5.32 Å². The van der Waals surface area contributed by atoms with Crippen LogP contribution >= 0.6 is 0 Å². The van der Waals surface area contributed by atoms with E-state index in [2.05, 4.69) is 55.3 Å². The molecule has 0 bridgehead atoms. The second-order valence-corrected chi connectivity index (χ2v) is 16.7. The molecule has 0 aromatic carbocycles. The molecule has 11 heteroatoms. The molecule has 1 N–H and O–H groups in total. The van der Waals surface area contributed by atoms with Gasteiger partial charge in [-0.3, -0.25) is 4.79 Å². The lowest BCUT2D eigenvalue weighted by Crippen LogP contribution is -2.44. The van der Waals surface area contributed by atoms with Crippen LogP contribution in [0.15, 0.2) is 18.5 Å². The molecule has 0 unspecified atom stereocenters. The summed E-state index contributed by atoms with van der Waals surface area (Å²) >= 11 is 0. The van der Waals surface area contributed by atoms with E-state index in [0.717, 1.165) is 12.8 Å². The highest BCUT2D eigenvalue weighted by Crippen LogP contribution is 2.50. The number of rotatable bonds is 8. The van der Waals surface area contributed by atoms with E-state index in [1.54, 1.807) is 16.6 Å². The number of fused-ring (bicyclic) bond motifs is 2. The molecule has 0 aliphatic carbocycles. The number of carbonyl (C=O) groups excluding carboxylic acids is 1. The van der Waals surface area contributed by atoms with Crippen molar-refractivity contribution >= 4 is 25.6 Å². The number of hydrogen-bond acceptors (Lipinski definition) is 8. The van der Waals surface area contributed by atoms with E-state index >= 15 is 0 Å². The third kappa shape index (κ3) is 5.05. The summed E-state index contributed by atoms with van der Waals surface area (Å²) in [6, 6.07) is 5.94. The lowest BCUT2D eigenvalue weighted by Gasteiger charge is -2.37. The van der Waals surface area contributed by atoms with Gasteiger partial charge in [0, 0.05) is 6.42 Å². The number of nitrogens with zero attached hydrogens (tertiary/aromatic N) is 4. The van der Waals surface area contributed by atoms with E-state index in [1.165, 1.54) is 6.33 Å². The fraction of sp³-hybridized carbons (Fsp3) is 0.692. The van der Waals surface area contributed by atoms with Gasteiger partial charge >= 0.3 is 0 Å². The van der Waals surface area contributed by atoms with Crippen molar-refractivity contribution < 1.29 is 23.4 Å². The van der Waals surface area contributed by atoms with Crippen LogP contribution in [0.4, 0.5) is 5.82 Å². The van der Waals surface area contributed by atoms with Gasteiger partial charge in [0.1, 0.15) is 36.2 Å². The summed E-state index contributed by atoms with van der Waals surface area (Å²) in [6.07, 6.45) is 1.77. The van der Waals surface area contributed by atoms with Crippen LogP contribution in [0.2, 0.25) is 18.1 Å². The van der Waals surface area contributed by atoms with Crippen LogP contribution in [0.3, 0.4) is 0 Å². The Morgan fingerprint density at radius 3 is 2.65 bits per heavy atom. The van der Waals surface area contributed by atoms with Gasteiger partial charge in [-0.05, 0) is 50.5 Å². The van der Waals surface area contributed by atoms with E-state index in [1.807, 2.05) is 20.8 Å². The first-order valence-electron chi connectivity index (χ1n) is 13.0. The first-order chi connectivity index (χ1) is 17.2. The van der Waals surface area contributed by atoms with Crippen molar-refractivity contribution in [2.24, 2.45) is 0 Å². The summed E-state index contributed by atoms with van der Waals surface area (Å²) in [5.74, 6) is -0.627. The number of aromatic nitrogens is 3. The molecular weight excluding hydrogens is 490 g/mol. The van der Waals surface area contributed by atoms with Gasteiger partial charge in [0.15, 0.2) is 19.9 Å².